The number of amides is 3. The third-order valence-electron chi connectivity index (χ3n) is 9.22. The van der Waals surface area contributed by atoms with Gasteiger partial charge in [-0.15, -0.1) is 0 Å². The first kappa shape index (κ1) is 32.2. The molecule has 0 bridgehead atoms. The molecule has 0 saturated carbocycles. The van der Waals surface area contributed by atoms with E-state index in [0.29, 0.717) is 58.3 Å². The van der Waals surface area contributed by atoms with E-state index in [1.807, 2.05) is 48.2 Å². The topological polar surface area (TPSA) is 120 Å². The fraction of sp³-hybridized carbons (Fsp3) is 0.486. The number of nitrogens with one attached hydrogen (secondary N) is 3. The molecule has 2 saturated heterocycles. The Balaban J connectivity index is 1.17. The van der Waals surface area contributed by atoms with E-state index in [1.165, 1.54) is 11.1 Å². The Morgan fingerprint density at radius 2 is 1.73 bits per heavy atom. The summed E-state index contributed by atoms with van der Waals surface area (Å²) >= 11 is 0. The number of hydrogen-bond acceptors (Lipinski definition) is 6. The number of piperidine rings is 1. The quantitative estimate of drug-likeness (QED) is 0.253. The summed E-state index contributed by atoms with van der Waals surface area (Å²) < 4.78 is 5.26. The molecule has 0 aliphatic carbocycles. The second-order valence-corrected chi connectivity index (χ2v) is 12.2. The highest BCUT2D eigenvalue weighted by atomic mass is 16.5. The Hall–Kier alpha value is -4.18. The largest absolute Gasteiger partial charge is 0.445 e. The Kier molecular flexibility index (Phi) is 10.5. The summed E-state index contributed by atoms with van der Waals surface area (Å²) in [6.45, 7) is 8.72. The third-order valence-corrected chi connectivity index (χ3v) is 9.22. The van der Waals surface area contributed by atoms with Crippen LogP contribution >= 0.6 is 0 Å². The number of H-pyrrole nitrogens is 1. The number of rotatable bonds is 12. The highest BCUT2D eigenvalue weighted by molar-refractivity contribution is 6.00. The average Bonchev–Trinajstić information content (AvgIpc) is 3.39. The Bertz CT molecular complexity index is 1420. The lowest BCUT2D eigenvalue weighted by atomic mass is 9.80. The van der Waals surface area contributed by atoms with Gasteiger partial charge in [-0.1, -0.05) is 67.6 Å². The molecule has 1 unspecified atom stereocenters. The summed E-state index contributed by atoms with van der Waals surface area (Å²) in [6, 6.07) is 19.4. The number of piperazine rings is 1. The van der Waals surface area contributed by atoms with Crippen LogP contribution in [0.25, 0.3) is 0 Å². The molecule has 5 rings (SSSR count). The van der Waals surface area contributed by atoms with Crippen molar-refractivity contribution in [2.45, 2.75) is 83.5 Å². The van der Waals surface area contributed by atoms with E-state index in [-0.39, 0.29) is 24.5 Å². The smallest absolute Gasteiger partial charge is 0.407 e. The van der Waals surface area contributed by atoms with E-state index in [1.54, 1.807) is 0 Å². The fourth-order valence-corrected chi connectivity index (χ4v) is 6.86. The molecule has 3 aromatic rings. The zero-order chi connectivity index (χ0) is 31.8. The lowest BCUT2D eigenvalue weighted by Crippen LogP contribution is -2.73. The molecule has 3 amide bonds. The Labute approximate surface area is 265 Å². The van der Waals surface area contributed by atoms with E-state index < -0.39 is 17.7 Å². The van der Waals surface area contributed by atoms with Gasteiger partial charge in [0.25, 0.3) is 0 Å². The van der Waals surface area contributed by atoms with Crippen molar-refractivity contribution >= 4 is 17.9 Å². The summed E-state index contributed by atoms with van der Waals surface area (Å²) in [4.78, 5) is 44.0. The van der Waals surface area contributed by atoms with E-state index >= 15 is 0 Å². The van der Waals surface area contributed by atoms with E-state index in [9.17, 15) is 14.4 Å². The molecule has 3 heterocycles. The third kappa shape index (κ3) is 7.22. The number of unbranched alkanes of at least 4 members (excludes halogenated alkanes) is 1. The maximum absolute atomic E-state index is 13.9. The van der Waals surface area contributed by atoms with Gasteiger partial charge in [0.05, 0.1) is 11.7 Å². The molecule has 2 aromatic carbocycles. The van der Waals surface area contributed by atoms with Gasteiger partial charge in [-0.3, -0.25) is 19.6 Å². The fourth-order valence-electron chi connectivity index (χ4n) is 6.86. The van der Waals surface area contributed by atoms with Crippen LogP contribution in [-0.4, -0.2) is 75.7 Å². The lowest BCUT2D eigenvalue weighted by molar-refractivity contribution is -0.161. The van der Waals surface area contributed by atoms with Crippen molar-refractivity contribution in [2.24, 2.45) is 0 Å². The highest BCUT2D eigenvalue weighted by Crippen LogP contribution is 2.39. The molecule has 45 heavy (non-hydrogen) atoms. The van der Waals surface area contributed by atoms with Crippen LogP contribution < -0.4 is 10.6 Å². The SMILES string of the molecule is CCCN1C(=O)[C@H](CCCCNC(=O)OCc2ccccc2)NC(=O)C12CCN(C(c1ccccc1)c1c(C)n[nH]c1C)CC2. The Morgan fingerprint density at radius 1 is 1.04 bits per heavy atom. The first-order valence-electron chi connectivity index (χ1n) is 16.2. The molecule has 10 heteroatoms. The number of hydrogen-bond donors (Lipinski definition) is 3. The summed E-state index contributed by atoms with van der Waals surface area (Å²) in [5.74, 6) is -0.0454. The second kappa shape index (κ2) is 14.7. The number of aryl methyl sites for hydroxylation is 2. The van der Waals surface area contributed by atoms with Crippen molar-refractivity contribution in [2.75, 3.05) is 26.2 Å². The summed E-state index contributed by atoms with van der Waals surface area (Å²) in [7, 11) is 0. The Morgan fingerprint density at radius 3 is 2.38 bits per heavy atom. The van der Waals surface area contributed by atoms with Gasteiger partial charge >= 0.3 is 6.09 Å². The summed E-state index contributed by atoms with van der Waals surface area (Å²) in [5, 5.41) is 13.5. The highest BCUT2D eigenvalue weighted by Gasteiger charge is 2.53. The second-order valence-electron chi connectivity index (χ2n) is 12.2. The molecule has 240 valence electrons. The molecule has 2 aliphatic heterocycles. The maximum Gasteiger partial charge on any atom is 0.407 e. The van der Waals surface area contributed by atoms with Gasteiger partial charge in [-0.05, 0) is 63.5 Å². The van der Waals surface area contributed by atoms with Crippen LogP contribution in [0.15, 0.2) is 60.7 Å². The van der Waals surface area contributed by atoms with Crippen molar-refractivity contribution in [1.82, 2.24) is 30.6 Å². The zero-order valence-electron chi connectivity index (χ0n) is 26.7. The number of carbonyl (C=O) groups excluding carboxylic acids is 3. The van der Waals surface area contributed by atoms with Crippen molar-refractivity contribution in [3.63, 3.8) is 0 Å². The number of benzene rings is 2. The molecule has 1 aromatic heterocycles. The van der Waals surface area contributed by atoms with Crippen LogP contribution in [0.2, 0.25) is 0 Å². The first-order valence-corrected chi connectivity index (χ1v) is 16.2. The van der Waals surface area contributed by atoms with E-state index in [4.69, 9.17) is 4.74 Å². The van der Waals surface area contributed by atoms with Crippen LogP contribution in [0.3, 0.4) is 0 Å². The van der Waals surface area contributed by atoms with Crippen LogP contribution in [0, 0.1) is 13.8 Å². The number of aromatic nitrogens is 2. The van der Waals surface area contributed by atoms with Crippen molar-refractivity contribution in [3.8, 4) is 0 Å². The number of likely N-dealkylation sites (tertiary alicyclic amines) is 1. The van der Waals surface area contributed by atoms with E-state index in [0.717, 1.165) is 23.4 Å². The number of nitrogens with zero attached hydrogens (tertiary/aromatic N) is 3. The zero-order valence-corrected chi connectivity index (χ0v) is 26.7. The molecule has 2 atom stereocenters. The minimum absolute atomic E-state index is 0.00117. The lowest BCUT2D eigenvalue weighted by Gasteiger charge is -2.52. The van der Waals surface area contributed by atoms with Gasteiger partial charge in [0.15, 0.2) is 0 Å². The van der Waals surface area contributed by atoms with Gasteiger partial charge in [0, 0.05) is 37.4 Å². The van der Waals surface area contributed by atoms with Gasteiger partial charge < -0.3 is 20.3 Å². The molecule has 2 aliphatic rings. The average molecular weight is 615 g/mol. The van der Waals surface area contributed by atoms with Gasteiger partial charge in [0.2, 0.25) is 11.8 Å². The van der Waals surface area contributed by atoms with Crippen molar-refractivity contribution in [1.29, 1.82) is 0 Å². The van der Waals surface area contributed by atoms with Crippen LogP contribution in [0.4, 0.5) is 4.79 Å². The van der Waals surface area contributed by atoms with Crippen molar-refractivity contribution in [3.05, 3.63) is 88.7 Å². The number of ether oxygens (including phenoxy) is 1. The number of aromatic amines is 1. The molecular weight excluding hydrogens is 568 g/mol. The molecule has 1 spiro atoms. The predicted molar refractivity (Wildman–Crippen MR) is 172 cm³/mol. The normalized spacial score (nSPS) is 18.9. The van der Waals surface area contributed by atoms with Crippen molar-refractivity contribution < 1.29 is 19.1 Å². The molecule has 2 fully saturated rings. The van der Waals surface area contributed by atoms with Crippen LogP contribution in [0.1, 0.15) is 79.6 Å². The standard InChI is InChI=1S/C35H46N6O4/c1-4-21-41-32(42)29(17-11-12-20-36-34(44)45-24-27-13-7-5-8-14-27)37-33(43)35(41)18-22-40(23-19-35)31(28-15-9-6-10-16-28)30-25(2)38-39-26(30)3/h5-10,13-16,29,31H,4,11-12,17-24H2,1-3H3,(H,36,44)(H,37,43)(H,38,39)/t29-,31?/m0/s1. The minimum Gasteiger partial charge on any atom is -0.445 e. The maximum atomic E-state index is 13.9. The first-order chi connectivity index (χ1) is 21.8. The molecule has 10 nitrogen and oxygen atoms in total. The van der Waals surface area contributed by atoms with Gasteiger partial charge in [-0.25, -0.2) is 4.79 Å². The van der Waals surface area contributed by atoms with Gasteiger partial charge in [-0.2, -0.15) is 5.10 Å². The predicted octanol–water partition coefficient (Wildman–Crippen LogP) is 4.78. The number of alkyl carbamates (subject to hydrolysis) is 1. The number of carbonyl (C=O) groups is 3. The molecule has 0 radical (unpaired) electrons. The molecular formula is C35H46N6O4. The molecule has 3 N–H and O–H groups in total. The summed E-state index contributed by atoms with van der Waals surface area (Å²) in [5.41, 5.74) is 4.47. The van der Waals surface area contributed by atoms with Gasteiger partial charge in [0.1, 0.15) is 18.2 Å². The monoisotopic (exact) mass is 614 g/mol. The van der Waals surface area contributed by atoms with Crippen LogP contribution in [-0.2, 0) is 20.9 Å². The summed E-state index contributed by atoms with van der Waals surface area (Å²) in [6.07, 6.45) is 3.38. The van der Waals surface area contributed by atoms with E-state index in [2.05, 4.69) is 63.8 Å². The van der Waals surface area contributed by atoms with Crippen LogP contribution in [0.5, 0.6) is 0 Å². The minimum atomic E-state index is -0.841.